The molecule has 0 saturated heterocycles. The Bertz CT molecular complexity index is 1360. The highest BCUT2D eigenvalue weighted by molar-refractivity contribution is 5.70. The van der Waals surface area contributed by atoms with E-state index in [-0.39, 0.29) is 5.56 Å². The van der Waals surface area contributed by atoms with E-state index in [1.807, 2.05) is 85.8 Å². The lowest BCUT2D eigenvalue weighted by Gasteiger charge is -2.17. The third-order valence-corrected chi connectivity index (χ3v) is 6.12. The molecule has 0 amide bonds. The molecule has 0 bridgehead atoms. The van der Waals surface area contributed by atoms with Gasteiger partial charge in [0.05, 0.1) is 23.0 Å². The van der Waals surface area contributed by atoms with Crippen LogP contribution in [-0.4, -0.2) is 9.55 Å². The molecule has 4 rings (SSSR count). The van der Waals surface area contributed by atoms with Crippen LogP contribution in [0.3, 0.4) is 0 Å². The van der Waals surface area contributed by atoms with Crippen molar-refractivity contribution in [1.29, 1.82) is 5.26 Å². The first-order chi connectivity index (χ1) is 16.7. The van der Waals surface area contributed by atoms with Crippen molar-refractivity contribution in [3.05, 3.63) is 117 Å². The number of benzene rings is 3. The lowest BCUT2D eigenvalue weighted by Crippen LogP contribution is -2.29. The summed E-state index contributed by atoms with van der Waals surface area (Å²) in [6, 6.07) is 27.8. The number of aromatic nitrogens is 2. The first-order valence-corrected chi connectivity index (χ1v) is 11.9. The van der Waals surface area contributed by atoms with Crippen LogP contribution >= 0.6 is 0 Å². The normalized spacial score (nSPS) is 10.7. The molecule has 1 heterocycles. The summed E-state index contributed by atoms with van der Waals surface area (Å²) in [6.07, 6.45) is 4.08. The van der Waals surface area contributed by atoms with Gasteiger partial charge in [0.2, 0.25) is 0 Å². The Hall–Kier alpha value is -3.97. The van der Waals surface area contributed by atoms with E-state index in [2.05, 4.69) is 13.0 Å². The van der Waals surface area contributed by atoms with Gasteiger partial charge in [0.1, 0.15) is 5.82 Å². The zero-order chi connectivity index (χ0) is 23.9. The van der Waals surface area contributed by atoms with E-state index in [4.69, 9.17) is 4.98 Å². The van der Waals surface area contributed by atoms with Crippen molar-refractivity contribution in [2.24, 2.45) is 0 Å². The molecule has 170 valence electrons. The van der Waals surface area contributed by atoms with Crippen molar-refractivity contribution in [3.63, 3.8) is 0 Å². The Labute approximate surface area is 201 Å². The molecular weight excluding hydrogens is 418 g/mol. The van der Waals surface area contributed by atoms with Crippen LogP contribution in [0.25, 0.3) is 16.8 Å². The summed E-state index contributed by atoms with van der Waals surface area (Å²) in [5, 5.41) is 9.43. The van der Waals surface area contributed by atoms with Crippen molar-refractivity contribution < 1.29 is 0 Å². The fourth-order valence-electron chi connectivity index (χ4n) is 4.30. The molecule has 0 atom stereocenters. The van der Waals surface area contributed by atoms with Gasteiger partial charge in [-0.15, -0.1) is 0 Å². The zero-order valence-electron chi connectivity index (χ0n) is 19.8. The van der Waals surface area contributed by atoms with E-state index in [9.17, 15) is 10.1 Å². The molecule has 0 aliphatic heterocycles. The molecule has 1 aromatic heterocycles. The minimum Gasteiger partial charge on any atom is -0.269 e. The topological polar surface area (TPSA) is 58.7 Å². The van der Waals surface area contributed by atoms with Crippen molar-refractivity contribution in [2.45, 2.75) is 46.0 Å². The Kier molecular flexibility index (Phi) is 7.34. The first-order valence-electron chi connectivity index (χ1n) is 11.9. The lowest BCUT2D eigenvalue weighted by atomic mass is 9.96. The molecule has 3 aromatic carbocycles. The summed E-state index contributed by atoms with van der Waals surface area (Å²) < 4.78 is 1.77. The molecule has 0 aliphatic rings. The van der Waals surface area contributed by atoms with Crippen LogP contribution in [0.4, 0.5) is 0 Å². The van der Waals surface area contributed by atoms with Crippen LogP contribution in [0.15, 0.2) is 83.7 Å². The van der Waals surface area contributed by atoms with Crippen molar-refractivity contribution in [3.8, 4) is 22.9 Å². The van der Waals surface area contributed by atoms with Crippen molar-refractivity contribution in [1.82, 2.24) is 9.55 Å². The largest absolute Gasteiger partial charge is 0.269 e. The Balaban J connectivity index is 1.76. The predicted molar refractivity (Wildman–Crippen MR) is 137 cm³/mol. The van der Waals surface area contributed by atoms with Crippen LogP contribution in [0.1, 0.15) is 54.9 Å². The summed E-state index contributed by atoms with van der Waals surface area (Å²) in [6.45, 7) is 4.20. The fraction of sp³-hybridized carbons (Fsp3) is 0.233. The minimum atomic E-state index is 0.0167. The van der Waals surface area contributed by atoms with Crippen LogP contribution in [0, 0.1) is 11.3 Å². The fourth-order valence-corrected chi connectivity index (χ4v) is 4.30. The molecule has 4 aromatic rings. The monoisotopic (exact) mass is 447 g/mol. The van der Waals surface area contributed by atoms with E-state index in [1.165, 1.54) is 0 Å². The molecule has 34 heavy (non-hydrogen) atoms. The molecular formula is C30H29N3O. The highest BCUT2D eigenvalue weighted by Crippen LogP contribution is 2.24. The maximum absolute atomic E-state index is 13.8. The number of hydrogen-bond acceptors (Lipinski definition) is 3. The van der Waals surface area contributed by atoms with Crippen LogP contribution in [0.2, 0.25) is 0 Å². The third kappa shape index (κ3) is 4.84. The molecule has 0 spiro atoms. The maximum atomic E-state index is 13.8. The van der Waals surface area contributed by atoms with Crippen molar-refractivity contribution in [2.75, 3.05) is 0 Å². The van der Waals surface area contributed by atoms with E-state index < -0.39 is 0 Å². The first kappa shape index (κ1) is 23.2. The molecule has 0 saturated carbocycles. The zero-order valence-corrected chi connectivity index (χ0v) is 19.8. The number of aryl methyl sites for hydroxylation is 2. The van der Waals surface area contributed by atoms with E-state index in [0.29, 0.717) is 18.4 Å². The molecule has 0 aliphatic carbocycles. The predicted octanol–water partition coefficient (Wildman–Crippen LogP) is 6.27. The summed E-state index contributed by atoms with van der Waals surface area (Å²) in [5.41, 5.74) is 6.16. The van der Waals surface area contributed by atoms with Gasteiger partial charge < -0.3 is 0 Å². The van der Waals surface area contributed by atoms with Gasteiger partial charge in [-0.05, 0) is 47.7 Å². The SMILES string of the molecule is CCCCc1nc(CC)n(-c2ccccc2)c(=O)c1Cc1ccc(-c2ccccc2C#N)cc1. The second-order valence-electron chi connectivity index (χ2n) is 8.42. The Morgan fingerprint density at radius 2 is 1.62 bits per heavy atom. The molecule has 0 N–H and O–H groups in total. The van der Waals surface area contributed by atoms with Gasteiger partial charge >= 0.3 is 0 Å². The standard InChI is InChI=1S/C30H29N3O/c1-3-5-15-28-27(30(34)33(29(4-2)32-28)25-12-7-6-8-13-25)20-22-16-18-23(19-17-22)26-14-10-9-11-24(26)21-31/h6-14,16-19H,3-5,15,20H2,1-2H3. The summed E-state index contributed by atoms with van der Waals surface area (Å²) in [7, 11) is 0. The van der Waals surface area contributed by atoms with Gasteiger partial charge in [-0.2, -0.15) is 5.26 Å². The summed E-state index contributed by atoms with van der Waals surface area (Å²) in [4.78, 5) is 18.8. The summed E-state index contributed by atoms with van der Waals surface area (Å²) in [5.74, 6) is 0.800. The third-order valence-electron chi connectivity index (χ3n) is 6.12. The molecule has 0 fully saturated rings. The highest BCUT2D eigenvalue weighted by Gasteiger charge is 2.17. The molecule has 0 radical (unpaired) electrons. The van der Waals surface area contributed by atoms with Gasteiger partial charge in [0.15, 0.2) is 0 Å². The molecule has 0 unspecified atom stereocenters. The van der Waals surface area contributed by atoms with Gasteiger partial charge in [-0.25, -0.2) is 4.98 Å². The van der Waals surface area contributed by atoms with Gasteiger partial charge in [-0.3, -0.25) is 9.36 Å². The van der Waals surface area contributed by atoms with Crippen LogP contribution in [-0.2, 0) is 19.3 Å². The van der Waals surface area contributed by atoms with Crippen LogP contribution < -0.4 is 5.56 Å². The van der Waals surface area contributed by atoms with Gasteiger partial charge in [0, 0.05) is 18.4 Å². The smallest absolute Gasteiger partial charge is 0.261 e. The van der Waals surface area contributed by atoms with Gasteiger partial charge in [0.25, 0.3) is 5.56 Å². The molecule has 4 heteroatoms. The quantitative estimate of drug-likeness (QED) is 0.320. The van der Waals surface area contributed by atoms with E-state index in [0.717, 1.165) is 58.7 Å². The van der Waals surface area contributed by atoms with E-state index >= 15 is 0 Å². The number of unbranched alkanes of at least 4 members (excludes halogenated alkanes) is 1. The molecule has 4 nitrogen and oxygen atoms in total. The maximum Gasteiger partial charge on any atom is 0.261 e. The second kappa shape index (κ2) is 10.8. The number of nitrogens with zero attached hydrogens (tertiary/aromatic N) is 3. The van der Waals surface area contributed by atoms with E-state index in [1.54, 1.807) is 4.57 Å². The van der Waals surface area contributed by atoms with Crippen LogP contribution in [0.5, 0.6) is 0 Å². The summed E-state index contributed by atoms with van der Waals surface area (Å²) >= 11 is 0. The average Bonchev–Trinajstić information content (AvgIpc) is 2.89. The highest BCUT2D eigenvalue weighted by atomic mass is 16.1. The van der Waals surface area contributed by atoms with Gasteiger partial charge in [-0.1, -0.05) is 80.9 Å². The second-order valence-corrected chi connectivity index (χ2v) is 8.42. The number of hydrogen-bond donors (Lipinski definition) is 0. The number of nitriles is 1. The average molecular weight is 448 g/mol. The number of para-hydroxylation sites is 1. The van der Waals surface area contributed by atoms with Crippen molar-refractivity contribution >= 4 is 0 Å². The minimum absolute atomic E-state index is 0.0167. The lowest BCUT2D eigenvalue weighted by molar-refractivity contribution is 0.718. The number of rotatable bonds is 8. The Morgan fingerprint density at radius 3 is 2.29 bits per heavy atom. The Morgan fingerprint density at radius 1 is 0.912 bits per heavy atom.